The summed E-state index contributed by atoms with van der Waals surface area (Å²) in [6.45, 7) is 11.1. The molecule has 0 unspecified atom stereocenters. The van der Waals surface area contributed by atoms with Crippen LogP contribution in [-0.4, -0.2) is 43.3 Å². The van der Waals surface area contributed by atoms with E-state index in [1.165, 1.54) is 32.1 Å². The van der Waals surface area contributed by atoms with E-state index in [0.717, 1.165) is 18.4 Å². The number of rotatable bonds is 6. The largest absolute Gasteiger partial charge is 0.444 e. The molecule has 0 atom stereocenters. The van der Waals surface area contributed by atoms with Crippen molar-refractivity contribution in [3.05, 3.63) is 0 Å². The third-order valence-electron chi connectivity index (χ3n) is 5.16. The van der Waals surface area contributed by atoms with Crippen LogP contribution in [0.25, 0.3) is 0 Å². The van der Waals surface area contributed by atoms with Gasteiger partial charge in [0.2, 0.25) is 0 Å². The minimum absolute atomic E-state index is 0. The minimum Gasteiger partial charge on any atom is -0.444 e. The molecular formula is C19H37IN4O2. The van der Waals surface area contributed by atoms with Crippen LogP contribution in [0, 0.1) is 11.3 Å². The van der Waals surface area contributed by atoms with E-state index in [4.69, 9.17) is 4.74 Å². The number of aliphatic imine (C=N–C) groups is 1. The number of nitrogens with one attached hydrogen (secondary N) is 3. The lowest BCUT2D eigenvalue weighted by Gasteiger charge is -2.43. The van der Waals surface area contributed by atoms with Gasteiger partial charge in [-0.15, -0.1) is 24.0 Å². The molecule has 26 heavy (non-hydrogen) atoms. The normalized spacial score (nSPS) is 19.7. The van der Waals surface area contributed by atoms with Gasteiger partial charge < -0.3 is 20.7 Å². The number of carbonyl (C=O) groups is 1. The highest BCUT2D eigenvalue weighted by molar-refractivity contribution is 14.0. The van der Waals surface area contributed by atoms with Crippen LogP contribution in [0.5, 0.6) is 0 Å². The van der Waals surface area contributed by atoms with Crippen molar-refractivity contribution in [2.45, 2.75) is 77.9 Å². The van der Waals surface area contributed by atoms with Gasteiger partial charge in [-0.3, -0.25) is 4.99 Å². The van der Waals surface area contributed by atoms with Crippen molar-refractivity contribution in [3.8, 4) is 0 Å². The number of carbonyl (C=O) groups excluding carboxylic acids is 1. The van der Waals surface area contributed by atoms with Crippen molar-refractivity contribution in [2.24, 2.45) is 16.3 Å². The van der Waals surface area contributed by atoms with E-state index in [9.17, 15) is 4.79 Å². The van der Waals surface area contributed by atoms with E-state index >= 15 is 0 Å². The van der Waals surface area contributed by atoms with Crippen LogP contribution in [0.4, 0.5) is 4.79 Å². The topological polar surface area (TPSA) is 74.8 Å². The maximum atomic E-state index is 12.0. The smallest absolute Gasteiger partial charge is 0.408 e. The van der Waals surface area contributed by atoms with Crippen LogP contribution in [0.15, 0.2) is 4.99 Å². The van der Waals surface area contributed by atoms with Crippen LogP contribution in [0.1, 0.15) is 66.7 Å². The van der Waals surface area contributed by atoms with Crippen molar-refractivity contribution in [3.63, 3.8) is 0 Å². The van der Waals surface area contributed by atoms with E-state index in [1.54, 1.807) is 7.05 Å². The third-order valence-corrected chi connectivity index (χ3v) is 5.16. The second-order valence-electron chi connectivity index (χ2n) is 9.28. The van der Waals surface area contributed by atoms with Crippen LogP contribution in [-0.2, 0) is 4.74 Å². The molecule has 7 heteroatoms. The van der Waals surface area contributed by atoms with E-state index in [-0.39, 0.29) is 24.0 Å². The van der Waals surface area contributed by atoms with Gasteiger partial charge in [-0.25, -0.2) is 4.79 Å². The fourth-order valence-electron chi connectivity index (χ4n) is 3.47. The van der Waals surface area contributed by atoms with Gasteiger partial charge in [-0.1, -0.05) is 6.42 Å². The first-order valence-electron chi connectivity index (χ1n) is 9.51. The number of hydrogen-bond donors (Lipinski definition) is 3. The number of guanidine groups is 1. The Labute approximate surface area is 175 Å². The molecule has 0 heterocycles. The van der Waals surface area contributed by atoms with Crippen LogP contribution in [0.3, 0.4) is 0 Å². The molecule has 0 aliphatic heterocycles. The van der Waals surface area contributed by atoms with E-state index < -0.39 is 17.2 Å². The Balaban J connectivity index is 0.00000338. The van der Waals surface area contributed by atoms with Crippen molar-refractivity contribution < 1.29 is 9.53 Å². The van der Waals surface area contributed by atoms with Gasteiger partial charge in [-0.2, -0.15) is 0 Å². The van der Waals surface area contributed by atoms with Crippen LogP contribution < -0.4 is 16.0 Å². The zero-order valence-electron chi connectivity index (χ0n) is 17.2. The predicted molar refractivity (Wildman–Crippen MR) is 117 cm³/mol. The fourth-order valence-corrected chi connectivity index (χ4v) is 3.47. The lowest BCUT2D eigenvalue weighted by Crippen LogP contribution is -2.55. The number of ether oxygens (including phenoxy) is 1. The Morgan fingerprint density at radius 3 is 2.19 bits per heavy atom. The lowest BCUT2D eigenvalue weighted by molar-refractivity contribution is 0.0474. The highest BCUT2D eigenvalue weighted by Gasteiger charge is 2.48. The maximum Gasteiger partial charge on any atom is 0.408 e. The molecule has 6 nitrogen and oxygen atoms in total. The molecule has 0 radical (unpaired) electrons. The second kappa shape index (κ2) is 8.97. The van der Waals surface area contributed by atoms with Crippen molar-refractivity contribution in [2.75, 3.05) is 20.1 Å². The van der Waals surface area contributed by atoms with Crippen molar-refractivity contribution in [1.29, 1.82) is 0 Å². The number of hydrogen-bond acceptors (Lipinski definition) is 3. The Bertz CT molecular complexity index is 506. The number of amides is 1. The molecule has 0 aromatic rings. The van der Waals surface area contributed by atoms with Gasteiger partial charge in [0.15, 0.2) is 5.96 Å². The minimum atomic E-state index is -0.495. The predicted octanol–water partition coefficient (Wildman–Crippen LogP) is 3.65. The molecule has 0 aromatic heterocycles. The molecule has 2 aliphatic carbocycles. The quantitative estimate of drug-likeness (QED) is 0.308. The highest BCUT2D eigenvalue weighted by Crippen LogP contribution is 2.56. The molecule has 152 valence electrons. The van der Waals surface area contributed by atoms with Crippen LogP contribution >= 0.6 is 24.0 Å². The molecule has 1 amide bonds. The summed E-state index contributed by atoms with van der Waals surface area (Å²) in [6, 6.07) is 0. The number of alkyl carbamates (subject to hydrolysis) is 1. The first-order chi connectivity index (χ1) is 11.6. The Morgan fingerprint density at radius 1 is 1.15 bits per heavy atom. The summed E-state index contributed by atoms with van der Waals surface area (Å²) in [6.07, 6.45) is 6.42. The van der Waals surface area contributed by atoms with Crippen molar-refractivity contribution in [1.82, 2.24) is 16.0 Å². The van der Waals surface area contributed by atoms with E-state index in [1.807, 2.05) is 34.6 Å². The monoisotopic (exact) mass is 480 g/mol. The Kier molecular flexibility index (Phi) is 8.04. The van der Waals surface area contributed by atoms with Gasteiger partial charge in [0.25, 0.3) is 0 Å². The zero-order chi connectivity index (χ0) is 18.7. The first-order valence-corrected chi connectivity index (χ1v) is 9.51. The lowest BCUT2D eigenvalue weighted by atomic mass is 9.65. The molecule has 2 aliphatic rings. The molecule has 0 bridgehead atoms. The Hall–Kier alpha value is -0.730. The molecule has 2 rings (SSSR count). The van der Waals surface area contributed by atoms with Gasteiger partial charge >= 0.3 is 6.09 Å². The molecule has 3 N–H and O–H groups in total. The summed E-state index contributed by atoms with van der Waals surface area (Å²) in [5.74, 6) is 1.71. The summed E-state index contributed by atoms with van der Waals surface area (Å²) in [5.41, 5.74) is -0.433. The first kappa shape index (κ1) is 23.3. The maximum absolute atomic E-state index is 12.0. The summed E-state index contributed by atoms with van der Waals surface area (Å²) < 4.78 is 5.33. The molecule has 0 saturated heterocycles. The summed E-state index contributed by atoms with van der Waals surface area (Å²) in [7, 11) is 1.79. The molecule has 2 saturated carbocycles. The van der Waals surface area contributed by atoms with Gasteiger partial charge in [0, 0.05) is 20.1 Å². The summed E-state index contributed by atoms with van der Waals surface area (Å²) in [4.78, 5) is 16.3. The average molecular weight is 480 g/mol. The average Bonchev–Trinajstić information content (AvgIpc) is 3.22. The standard InChI is InChI=1S/C19H36N4O2.HI/c1-17(2,3)25-16(24)23-18(4,5)12-21-15(20-6)22-13-19(10-7-11-19)14-8-9-14;/h14H,7-13H2,1-6H3,(H,23,24)(H2,20,21,22);1H. The van der Waals surface area contributed by atoms with Gasteiger partial charge in [-0.05, 0) is 71.6 Å². The fraction of sp³-hybridized carbons (Fsp3) is 0.895. The SMILES string of the molecule is CN=C(NCC(C)(C)NC(=O)OC(C)(C)C)NCC1(C2CC2)CCC1.I. The molecule has 2 fully saturated rings. The van der Waals surface area contributed by atoms with Crippen molar-refractivity contribution >= 4 is 36.0 Å². The van der Waals surface area contributed by atoms with E-state index in [0.29, 0.717) is 12.0 Å². The summed E-state index contributed by atoms with van der Waals surface area (Å²) >= 11 is 0. The molecule has 0 spiro atoms. The number of nitrogens with zero attached hydrogens (tertiary/aromatic N) is 1. The summed E-state index contributed by atoms with van der Waals surface area (Å²) in [5, 5.41) is 9.73. The van der Waals surface area contributed by atoms with Crippen LogP contribution in [0.2, 0.25) is 0 Å². The van der Waals surface area contributed by atoms with Gasteiger partial charge in [0.05, 0.1) is 5.54 Å². The van der Waals surface area contributed by atoms with E-state index in [2.05, 4.69) is 20.9 Å². The highest BCUT2D eigenvalue weighted by atomic mass is 127. The second-order valence-corrected chi connectivity index (χ2v) is 9.28. The molecular weight excluding hydrogens is 443 g/mol. The molecule has 0 aromatic carbocycles. The third kappa shape index (κ3) is 7.12. The number of halogens is 1. The Morgan fingerprint density at radius 2 is 1.77 bits per heavy atom. The zero-order valence-corrected chi connectivity index (χ0v) is 19.5. The van der Waals surface area contributed by atoms with Gasteiger partial charge in [0.1, 0.15) is 5.60 Å².